The highest BCUT2D eigenvalue weighted by Crippen LogP contribution is 2.37. The maximum atomic E-state index is 13.1. The first-order chi connectivity index (χ1) is 7.80. The van der Waals surface area contributed by atoms with E-state index in [1.807, 2.05) is 33.8 Å². The van der Waals surface area contributed by atoms with E-state index in [0.717, 1.165) is 5.56 Å². The second-order valence-electron chi connectivity index (χ2n) is 5.52. The van der Waals surface area contributed by atoms with E-state index in [-0.39, 0.29) is 24.1 Å². The highest BCUT2D eigenvalue weighted by Gasteiger charge is 2.50. The third-order valence-corrected chi connectivity index (χ3v) is 3.59. The molecule has 4 heteroatoms. The van der Waals surface area contributed by atoms with Gasteiger partial charge in [-0.05, 0) is 45.4 Å². The average Bonchev–Trinajstić information content (AvgIpc) is 2.34. The van der Waals surface area contributed by atoms with Gasteiger partial charge in [-0.1, -0.05) is 12.1 Å². The molecule has 1 aliphatic rings. The van der Waals surface area contributed by atoms with Crippen molar-refractivity contribution in [1.82, 2.24) is 0 Å². The van der Waals surface area contributed by atoms with Gasteiger partial charge in [-0.25, -0.2) is 4.39 Å². The topological polar surface area (TPSA) is 18.5 Å². The van der Waals surface area contributed by atoms with E-state index < -0.39 is 0 Å². The van der Waals surface area contributed by atoms with Crippen LogP contribution in [0.25, 0.3) is 0 Å². The average molecular weight is 236 g/mol. The maximum Gasteiger partial charge on any atom is 0.462 e. The minimum Gasteiger partial charge on any atom is -0.403 e. The quantitative estimate of drug-likeness (QED) is 0.735. The van der Waals surface area contributed by atoms with Crippen LogP contribution < -0.4 is 0 Å². The molecule has 1 aliphatic heterocycles. The van der Waals surface area contributed by atoms with E-state index in [0.29, 0.717) is 6.32 Å². The van der Waals surface area contributed by atoms with E-state index in [1.165, 1.54) is 12.1 Å². The standard InChI is InChI=1S/C13H18BFO2/c1-12(2)13(3,4)17-14(16-12)9-10-6-5-7-11(15)8-10/h5-8H,9H2,1-4H3. The Hall–Kier alpha value is -0.865. The molecule has 1 heterocycles. The summed E-state index contributed by atoms with van der Waals surface area (Å²) in [4.78, 5) is 0. The van der Waals surface area contributed by atoms with Gasteiger partial charge < -0.3 is 9.31 Å². The molecule has 1 aromatic rings. The van der Waals surface area contributed by atoms with Crippen LogP contribution in [0.15, 0.2) is 24.3 Å². The summed E-state index contributed by atoms with van der Waals surface area (Å²) in [6.07, 6.45) is 0.574. The van der Waals surface area contributed by atoms with Gasteiger partial charge in [0.05, 0.1) is 11.2 Å². The van der Waals surface area contributed by atoms with Crippen molar-refractivity contribution in [2.24, 2.45) is 0 Å². The third-order valence-electron chi connectivity index (χ3n) is 3.59. The number of benzene rings is 1. The highest BCUT2D eigenvalue weighted by molar-refractivity contribution is 6.45. The van der Waals surface area contributed by atoms with Gasteiger partial charge in [-0.2, -0.15) is 0 Å². The molecule has 17 heavy (non-hydrogen) atoms. The fourth-order valence-electron chi connectivity index (χ4n) is 1.90. The Morgan fingerprint density at radius 3 is 2.24 bits per heavy atom. The van der Waals surface area contributed by atoms with Crippen molar-refractivity contribution in [3.63, 3.8) is 0 Å². The summed E-state index contributed by atoms with van der Waals surface area (Å²) < 4.78 is 24.8. The predicted octanol–water partition coefficient (Wildman–Crippen LogP) is 3.00. The molecule has 0 radical (unpaired) electrons. The van der Waals surface area contributed by atoms with Crippen LogP contribution in [0.3, 0.4) is 0 Å². The van der Waals surface area contributed by atoms with Crippen LogP contribution in [0.4, 0.5) is 4.39 Å². The molecule has 0 unspecified atom stereocenters. The third kappa shape index (κ3) is 2.53. The number of hydrogen-bond acceptors (Lipinski definition) is 2. The van der Waals surface area contributed by atoms with Crippen LogP contribution in [-0.2, 0) is 15.6 Å². The highest BCUT2D eigenvalue weighted by atomic mass is 19.1. The van der Waals surface area contributed by atoms with E-state index in [2.05, 4.69) is 0 Å². The Kier molecular flexibility index (Phi) is 3.04. The van der Waals surface area contributed by atoms with Crippen LogP contribution in [0, 0.1) is 5.82 Å². The zero-order chi connectivity index (χ0) is 12.7. The molecular weight excluding hydrogens is 218 g/mol. The minimum atomic E-state index is -0.328. The van der Waals surface area contributed by atoms with Crippen molar-refractivity contribution >= 4 is 7.12 Å². The van der Waals surface area contributed by atoms with Crippen molar-refractivity contribution in [2.45, 2.75) is 45.2 Å². The van der Waals surface area contributed by atoms with Gasteiger partial charge in [0.15, 0.2) is 0 Å². The van der Waals surface area contributed by atoms with Gasteiger partial charge >= 0.3 is 7.12 Å². The molecule has 1 saturated heterocycles. The number of halogens is 1. The first-order valence-electron chi connectivity index (χ1n) is 5.90. The monoisotopic (exact) mass is 236 g/mol. The van der Waals surface area contributed by atoms with Crippen LogP contribution in [0.5, 0.6) is 0 Å². The van der Waals surface area contributed by atoms with Gasteiger partial charge in [0.1, 0.15) is 5.82 Å². The molecule has 0 atom stereocenters. The van der Waals surface area contributed by atoms with Gasteiger partial charge in [-0.15, -0.1) is 0 Å². The summed E-state index contributed by atoms with van der Waals surface area (Å²) in [7, 11) is -0.304. The van der Waals surface area contributed by atoms with Crippen molar-refractivity contribution in [3.8, 4) is 0 Å². The molecule has 2 rings (SSSR count). The molecule has 2 nitrogen and oxygen atoms in total. The van der Waals surface area contributed by atoms with E-state index in [1.54, 1.807) is 6.07 Å². The van der Waals surface area contributed by atoms with Crippen LogP contribution in [0.2, 0.25) is 0 Å². The Bertz CT molecular complexity index is 402. The van der Waals surface area contributed by atoms with E-state index in [9.17, 15) is 4.39 Å². The maximum absolute atomic E-state index is 13.1. The van der Waals surface area contributed by atoms with Gasteiger partial charge in [0.25, 0.3) is 0 Å². The number of rotatable bonds is 2. The summed E-state index contributed by atoms with van der Waals surface area (Å²) in [5.41, 5.74) is 0.235. The minimum absolute atomic E-state index is 0.223. The summed E-state index contributed by atoms with van der Waals surface area (Å²) in [6.45, 7) is 8.05. The lowest BCUT2D eigenvalue weighted by Gasteiger charge is -2.32. The zero-order valence-corrected chi connectivity index (χ0v) is 10.8. The predicted molar refractivity (Wildman–Crippen MR) is 66.2 cm³/mol. The molecule has 1 fully saturated rings. The second-order valence-corrected chi connectivity index (χ2v) is 5.52. The Labute approximate surface area is 102 Å². The van der Waals surface area contributed by atoms with Gasteiger partial charge in [-0.3, -0.25) is 0 Å². The first-order valence-corrected chi connectivity index (χ1v) is 5.90. The Morgan fingerprint density at radius 2 is 1.71 bits per heavy atom. The van der Waals surface area contributed by atoms with Crippen molar-refractivity contribution in [3.05, 3.63) is 35.6 Å². The van der Waals surface area contributed by atoms with Crippen LogP contribution in [0.1, 0.15) is 33.3 Å². The van der Waals surface area contributed by atoms with E-state index in [4.69, 9.17) is 9.31 Å². The molecule has 0 bridgehead atoms. The van der Waals surface area contributed by atoms with Crippen molar-refractivity contribution in [2.75, 3.05) is 0 Å². The molecule has 0 saturated carbocycles. The summed E-state index contributed by atoms with van der Waals surface area (Å²) in [5.74, 6) is -0.223. The van der Waals surface area contributed by atoms with E-state index >= 15 is 0 Å². The van der Waals surface area contributed by atoms with Gasteiger partial charge in [0.2, 0.25) is 0 Å². The normalized spacial score (nSPS) is 21.8. The molecule has 92 valence electrons. The molecular formula is C13H18BFO2. The smallest absolute Gasteiger partial charge is 0.403 e. The number of hydrogen-bond donors (Lipinski definition) is 0. The molecule has 0 spiro atoms. The summed E-state index contributed by atoms with van der Waals surface area (Å²) in [6, 6.07) is 6.54. The lowest BCUT2D eigenvalue weighted by molar-refractivity contribution is 0.00578. The molecule has 1 aromatic carbocycles. The summed E-state index contributed by atoms with van der Waals surface area (Å²) in [5, 5.41) is 0. The van der Waals surface area contributed by atoms with Crippen molar-refractivity contribution < 1.29 is 13.7 Å². The largest absolute Gasteiger partial charge is 0.462 e. The Morgan fingerprint density at radius 1 is 1.12 bits per heavy atom. The SMILES string of the molecule is CC1(C)OB(Cc2cccc(F)c2)OC1(C)C. The molecule has 0 aliphatic carbocycles. The van der Waals surface area contributed by atoms with Gasteiger partial charge in [0, 0.05) is 6.32 Å². The fourth-order valence-corrected chi connectivity index (χ4v) is 1.90. The van der Waals surface area contributed by atoms with Crippen LogP contribution >= 0.6 is 0 Å². The lowest BCUT2D eigenvalue weighted by Crippen LogP contribution is -2.41. The lowest BCUT2D eigenvalue weighted by atomic mass is 9.81. The zero-order valence-electron chi connectivity index (χ0n) is 10.8. The van der Waals surface area contributed by atoms with Crippen LogP contribution in [-0.4, -0.2) is 18.3 Å². The summed E-state index contributed by atoms with van der Waals surface area (Å²) >= 11 is 0. The second kappa shape index (κ2) is 4.11. The molecule has 0 aromatic heterocycles. The fraction of sp³-hybridized carbons (Fsp3) is 0.538. The van der Waals surface area contributed by atoms with Crippen molar-refractivity contribution in [1.29, 1.82) is 0 Å². The molecule has 0 amide bonds. The first kappa shape index (κ1) is 12.6. The Balaban J connectivity index is 2.08. The molecule has 0 N–H and O–H groups in total.